The number of carbonyl (C=O) groups excluding carboxylic acids is 1. The molecule has 3 N–H and O–H groups in total. The summed E-state index contributed by atoms with van der Waals surface area (Å²) in [6.45, 7) is 3.15. The number of ether oxygens (including phenoxy) is 2. The van der Waals surface area contributed by atoms with Gasteiger partial charge in [-0.3, -0.25) is 4.79 Å². The molecule has 0 aromatic heterocycles. The van der Waals surface area contributed by atoms with Crippen LogP contribution in [0.15, 0.2) is 0 Å². The number of amides is 2. The van der Waals surface area contributed by atoms with E-state index in [2.05, 4.69) is 10.6 Å². The highest BCUT2D eigenvalue weighted by molar-refractivity contribution is 5.78. The summed E-state index contributed by atoms with van der Waals surface area (Å²) in [5, 5.41) is 14.6. The van der Waals surface area contributed by atoms with Gasteiger partial charge in [0.25, 0.3) is 0 Å². The number of hydrogen-bond acceptors (Lipinski definition) is 4. The fourth-order valence-corrected chi connectivity index (χ4v) is 1.86. The molecule has 0 aromatic carbocycles. The number of urea groups is 1. The topological polar surface area (TPSA) is 96.9 Å². The van der Waals surface area contributed by atoms with E-state index in [1.165, 1.54) is 0 Å². The molecular formula is C12H22N2O5. The van der Waals surface area contributed by atoms with Crippen LogP contribution in [-0.4, -0.2) is 56.6 Å². The minimum Gasteiger partial charge on any atom is -0.481 e. The molecular weight excluding hydrogens is 252 g/mol. The number of rotatable bonds is 6. The number of aliphatic carboxylic acids is 1. The van der Waals surface area contributed by atoms with Crippen molar-refractivity contribution in [1.82, 2.24) is 10.6 Å². The molecule has 0 aliphatic carbocycles. The van der Waals surface area contributed by atoms with Gasteiger partial charge in [0.05, 0.1) is 11.5 Å². The smallest absolute Gasteiger partial charge is 0.314 e. The Hall–Kier alpha value is -1.34. The monoisotopic (exact) mass is 274 g/mol. The number of hydrogen-bond donors (Lipinski definition) is 3. The number of methoxy groups -OCH3 is 1. The lowest BCUT2D eigenvalue weighted by molar-refractivity contribution is -0.154. The third-order valence-corrected chi connectivity index (χ3v) is 3.44. The highest BCUT2D eigenvalue weighted by Crippen LogP contribution is 2.29. The van der Waals surface area contributed by atoms with Crippen LogP contribution in [0.3, 0.4) is 0 Å². The van der Waals surface area contributed by atoms with Crippen molar-refractivity contribution in [2.75, 3.05) is 33.4 Å². The van der Waals surface area contributed by atoms with E-state index in [9.17, 15) is 14.7 Å². The zero-order chi connectivity index (χ0) is 14.3. The molecule has 1 saturated heterocycles. The van der Waals surface area contributed by atoms with Crippen LogP contribution >= 0.6 is 0 Å². The molecule has 1 atom stereocenters. The zero-order valence-electron chi connectivity index (χ0n) is 11.4. The molecule has 0 bridgehead atoms. The van der Waals surface area contributed by atoms with Crippen molar-refractivity contribution < 1.29 is 24.2 Å². The van der Waals surface area contributed by atoms with Gasteiger partial charge in [0.15, 0.2) is 0 Å². The Bertz CT molecular complexity index is 315. The van der Waals surface area contributed by atoms with Crippen LogP contribution in [-0.2, 0) is 14.3 Å². The van der Waals surface area contributed by atoms with Crippen LogP contribution in [0.4, 0.5) is 4.79 Å². The fraction of sp³-hybridized carbons (Fsp3) is 0.833. The van der Waals surface area contributed by atoms with Gasteiger partial charge in [0.2, 0.25) is 0 Å². The quantitative estimate of drug-likeness (QED) is 0.643. The zero-order valence-corrected chi connectivity index (χ0v) is 11.4. The van der Waals surface area contributed by atoms with Crippen LogP contribution in [0.5, 0.6) is 0 Å². The van der Waals surface area contributed by atoms with Crippen LogP contribution in [0.25, 0.3) is 0 Å². The maximum atomic E-state index is 11.6. The van der Waals surface area contributed by atoms with Crippen LogP contribution in [0.2, 0.25) is 0 Å². The molecule has 0 spiro atoms. The molecule has 2 amide bonds. The van der Waals surface area contributed by atoms with Gasteiger partial charge in [-0.05, 0) is 19.8 Å². The summed E-state index contributed by atoms with van der Waals surface area (Å²) in [6, 6.07) is -0.379. The van der Waals surface area contributed by atoms with Crippen molar-refractivity contribution in [2.24, 2.45) is 5.41 Å². The number of carboxylic acids is 1. The number of carboxylic acid groups (broad SMARTS) is 1. The molecule has 1 fully saturated rings. The summed E-state index contributed by atoms with van der Waals surface area (Å²) in [5.74, 6) is -0.888. The Morgan fingerprint density at radius 1 is 1.37 bits per heavy atom. The molecule has 0 aromatic rings. The van der Waals surface area contributed by atoms with Gasteiger partial charge in [0.1, 0.15) is 0 Å². The molecule has 0 saturated carbocycles. The number of nitrogens with one attached hydrogen (secondary N) is 2. The molecule has 1 aliphatic heterocycles. The van der Waals surface area contributed by atoms with Crippen molar-refractivity contribution in [2.45, 2.75) is 25.9 Å². The van der Waals surface area contributed by atoms with E-state index in [0.717, 1.165) is 0 Å². The van der Waals surface area contributed by atoms with Gasteiger partial charge >= 0.3 is 12.0 Å². The Morgan fingerprint density at radius 3 is 2.53 bits per heavy atom. The molecule has 7 nitrogen and oxygen atoms in total. The van der Waals surface area contributed by atoms with E-state index in [1.807, 2.05) is 6.92 Å². The highest BCUT2D eigenvalue weighted by atomic mass is 16.5. The average Bonchev–Trinajstić information content (AvgIpc) is 2.43. The second-order valence-corrected chi connectivity index (χ2v) is 4.81. The number of carbonyl (C=O) groups is 2. The minimum atomic E-state index is -0.914. The maximum absolute atomic E-state index is 11.6. The maximum Gasteiger partial charge on any atom is 0.314 e. The predicted molar refractivity (Wildman–Crippen MR) is 68.0 cm³/mol. The molecule has 7 heteroatoms. The molecule has 1 aliphatic rings. The van der Waals surface area contributed by atoms with Crippen molar-refractivity contribution in [3.05, 3.63) is 0 Å². The normalized spacial score (nSPS) is 19.5. The molecule has 110 valence electrons. The lowest BCUT2D eigenvalue weighted by Crippen LogP contribution is -2.49. The lowest BCUT2D eigenvalue weighted by Gasteiger charge is -2.33. The molecule has 1 heterocycles. The van der Waals surface area contributed by atoms with Crippen molar-refractivity contribution in [3.8, 4) is 0 Å². The Kier molecular flexibility index (Phi) is 6.04. The SMILES string of the molecule is COC(C)CNC(=O)NCC1(C(=O)O)CCOCC1. The Morgan fingerprint density at radius 2 is 2.00 bits per heavy atom. The van der Waals surface area contributed by atoms with Crippen LogP contribution < -0.4 is 10.6 Å². The van der Waals surface area contributed by atoms with Crippen LogP contribution in [0, 0.1) is 5.41 Å². The predicted octanol–water partition coefficient (Wildman–Crippen LogP) is 0.202. The summed E-state index contributed by atoms with van der Waals surface area (Å²) in [5.41, 5.74) is -0.914. The Labute approximate surface area is 112 Å². The van der Waals surface area contributed by atoms with E-state index >= 15 is 0 Å². The highest BCUT2D eigenvalue weighted by Gasteiger charge is 2.40. The van der Waals surface area contributed by atoms with Crippen molar-refractivity contribution in [1.29, 1.82) is 0 Å². The van der Waals surface area contributed by atoms with Gasteiger partial charge in [-0.2, -0.15) is 0 Å². The summed E-state index contributed by atoms with van der Waals surface area (Å²) in [6.07, 6.45) is 0.746. The molecule has 0 radical (unpaired) electrons. The first-order valence-electron chi connectivity index (χ1n) is 6.36. The van der Waals surface area contributed by atoms with E-state index in [4.69, 9.17) is 9.47 Å². The summed E-state index contributed by atoms with van der Waals surface area (Å²) in [7, 11) is 1.56. The van der Waals surface area contributed by atoms with Gasteiger partial charge in [-0.25, -0.2) is 4.79 Å². The molecule has 1 unspecified atom stereocenters. The minimum absolute atomic E-state index is 0.0812. The van der Waals surface area contributed by atoms with Gasteiger partial charge in [-0.15, -0.1) is 0 Å². The summed E-state index contributed by atoms with van der Waals surface area (Å²) >= 11 is 0. The third kappa shape index (κ3) is 4.68. The van der Waals surface area contributed by atoms with Crippen LogP contribution in [0.1, 0.15) is 19.8 Å². The standard InChI is InChI=1S/C12H22N2O5/c1-9(18-2)7-13-11(17)14-8-12(10(15)16)3-5-19-6-4-12/h9H,3-8H2,1-2H3,(H,15,16)(H2,13,14,17). The van der Waals surface area contributed by atoms with Gasteiger partial charge < -0.3 is 25.2 Å². The first-order chi connectivity index (χ1) is 9.00. The van der Waals surface area contributed by atoms with E-state index in [1.54, 1.807) is 7.11 Å². The Balaban J connectivity index is 2.39. The summed E-state index contributed by atoms with van der Waals surface area (Å²) in [4.78, 5) is 22.9. The first-order valence-corrected chi connectivity index (χ1v) is 6.36. The second kappa shape index (κ2) is 7.30. The van der Waals surface area contributed by atoms with Crippen molar-refractivity contribution in [3.63, 3.8) is 0 Å². The molecule has 1 rings (SSSR count). The molecule has 19 heavy (non-hydrogen) atoms. The fourth-order valence-electron chi connectivity index (χ4n) is 1.86. The average molecular weight is 274 g/mol. The second-order valence-electron chi connectivity index (χ2n) is 4.81. The van der Waals surface area contributed by atoms with Crippen molar-refractivity contribution >= 4 is 12.0 Å². The lowest BCUT2D eigenvalue weighted by atomic mass is 9.80. The summed E-state index contributed by atoms with van der Waals surface area (Å²) < 4.78 is 10.2. The van der Waals surface area contributed by atoms with E-state index in [-0.39, 0.29) is 18.7 Å². The van der Waals surface area contributed by atoms with E-state index < -0.39 is 11.4 Å². The van der Waals surface area contributed by atoms with E-state index in [0.29, 0.717) is 32.6 Å². The largest absolute Gasteiger partial charge is 0.481 e. The van der Waals surface area contributed by atoms with Gasteiger partial charge in [0, 0.05) is 33.4 Å². The third-order valence-electron chi connectivity index (χ3n) is 3.44. The first kappa shape index (κ1) is 15.7. The van der Waals surface area contributed by atoms with Gasteiger partial charge in [-0.1, -0.05) is 0 Å².